The van der Waals surface area contributed by atoms with Crippen molar-refractivity contribution in [2.75, 3.05) is 27.8 Å². The minimum atomic E-state index is -0.391. The fraction of sp³-hybridized carbons (Fsp3) is 0.677. The van der Waals surface area contributed by atoms with Crippen LogP contribution in [0.3, 0.4) is 0 Å². The molecular weight excluding hydrogens is 466 g/mol. The third-order valence-corrected chi connectivity index (χ3v) is 7.60. The Kier molecular flexibility index (Phi) is 14.4. The molecule has 0 aromatic heterocycles. The highest BCUT2D eigenvalue weighted by atomic mass is 16.5. The van der Waals surface area contributed by atoms with Crippen LogP contribution in [-0.2, 0) is 16.0 Å². The van der Waals surface area contributed by atoms with E-state index in [1.165, 1.54) is 0 Å². The molecule has 1 saturated carbocycles. The number of allylic oxidation sites excluding steroid dienone is 1. The molecule has 2 rings (SSSR count). The molecule has 37 heavy (non-hydrogen) atoms. The van der Waals surface area contributed by atoms with Crippen molar-refractivity contribution in [2.24, 2.45) is 11.8 Å². The first-order valence-electron chi connectivity index (χ1n) is 14.2. The Bertz CT molecular complexity index is 852. The van der Waals surface area contributed by atoms with E-state index in [0.29, 0.717) is 36.7 Å². The molecule has 6 nitrogen and oxygen atoms in total. The highest BCUT2D eigenvalue weighted by molar-refractivity contribution is 5.83. The van der Waals surface area contributed by atoms with Crippen LogP contribution in [0.1, 0.15) is 89.5 Å². The fourth-order valence-corrected chi connectivity index (χ4v) is 5.15. The predicted molar refractivity (Wildman–Crippen MR) is 149 cm³/mol. The van der Waals surface area contributed by atoms with Crippen LogP contribution in [0.4, 0.5) is 0 Å². The van der Waals surface area contributed by atoms with Gasteiger partial charge < -0.3 is 19.5 Å². The van der Waals surface area contributed by atoms with Crippen LogP contribution in [-0.4, -0.2) is 55.6 Å². The number of amides is 1. The van der Waals surface area contributed by atoms with Gasteiger partial charge in [0, 0.05) is 32.4 Å². The SMILES string of the molecule is CCCCC[C@H](O)C=C[C@@H]1CCC(=O)[C@@H]1CCCCCCC(=O)N(C)CCc1ccc(OC)c(OC)c1. The lowest BCUT2D eigenvalue weighted by atomic mass is 9.89. The second-order valence-electron chi connectivity index (χ2n) is 10.4. The molecular formula is C31H49NO5. The molecule has 0 bridgehead atoms. The van der Waals surface area contributed by atoms with Gasteiger partial charge in [-0.2, -0.15) is 0 Å². The number of hydrogen-bond acceptors (Lipinski definition) is 5. The smallest absolute Gasteiger partial charge is 0.222 e. The number of carbonyl (C=O) groups is 2. The molecule has 1 amide bonds. The summed E-state index contributed by atoms with van der Waals surface area (Å²) in [7, 11) is 5.11. The van der Waals surface area contributed by atoms with Gasteiger partial charge >= 0.3 is 0 Å². The van der Waals surface area contributed by atoms with E-state index in [1.54, 1.807) is 14.2 Å². The van der Waals surface area contributed by atoms with Gasteiger partial charge in [0.15, 0.2) is 11.5 Å². The van der Waals surface area contributed by atoms with Crippen LogP contribution >= 0.6 is 0 Å². The lowest BCUT2D eigenvalue weighted by Gasteiger charge is -2.18. The molecule has 0 unspecified atom stereocenters. The van der Waals surface area contributed by atoms with Crippen molar-refractivity contribution < 1.29 is 24.2 Å². The van der Waals surface area contributed by atoms with E-state index in [-0.39, 0.29) is 17.7 Å². The quantitative estimate of drug-likeness (QED) is 0.188. The number of ketones is 1. The van der Waals surface area contributed by atoms with Crippen molar-refractivity contribution in [1.29, 1.82) is 0 Å². The number of likely N-dealkylation sites (N-methyl/N-ethyl adjacent to an activating group) is 1. The Hall–Kier alpha value is -2.34. The highest BCUT2D eigenvalue weighted by Crippen LogP contribution is 2.34. The maximum atomic E-state index is 12.5. The van der Waals surface area contributed by atoms with Gasteiger partial charge in [-0.05, 0) is 55.7 Å². The number of ether oxygens (including phenoxy) is 2. The van der Waals surface area contributed by atoms with Crippen LogP contribution in [0, 0.1) is 11.8 Å². The lowest BCUT2D eigenvalue weighted by Crippen LogP contribution is -2.28. The second-order valence-corrected chi connectivity index (χ2v) is 10.4. The Morgan fingerprint density at radius 2 is 1.86 bits per heavy atom. The molecule has 0 radical (unpaired) electrons. The standard InChI is InChI=1S/C31H49NO5/c1-5-6-9-12-26(33)18-16-25-17-19-28(34)27(25)13-10-7-8-11-14-31(35)32(2)22-21-24-15-20-29(36-3)30(23-24)37-4/h15-16,18,20,23,25-27,33H,5-14,17,19,21-22H2,1-4H3/t25-,26+,27-/m1/s1. The number of nitrogens with zero attached hydrogens (tertiary/aromatic N) is 1. The average molecular weight is 516 g/mol. The number of Topliss-reactive ketones (excluding diaryl/α,β-unsaturated/α-hetero) is 1. The van der Waals surface area contributed by atoms with E-state index >= 15 is 0 Å². The van der Waals surface area contributed by atoms with Gasteiger partial charge in [-0.25, -0.2) is 0 Å². The number of aliphatic hydroxyl groups is 1. The molecule has 6 heteroatoms. The molecule has 208 valence electrons. The van der Waals surface area contributed by atoms with Gasteiger partial charge in [0.25, 0.3) is 0 Å². The summed E-state index contributed by atoms with van der Waals surface area (Å²) in [5, 5.41) is 10.2. The van der Waals surface area contributed by atoms with Gasteiger partial charge in [0.1, 0.15) is 5.78 Å². The molecule has 0 aliphatic heterocycles. The van der Waals surface area contributed by atoms with Crippen LogP contribution in [0.25, 0.3) is 0 Å². The second kappa shape index (κ2) is 17.2. The van der Waals surface area contributed by atoms with E-state index in [1.807, 2.05) is 36.2 Å². The van der Waals surface area contributed by atoms with Crippen molar-refractivity contribution in [3.05, 3.63) is 35.9 Å². The Balaban J connectivity index is 1.63. The zero-order valence-electron chi connectivity index (χ0n) is 23.5. The molecule has 3 atom stereocenters. The first-order chi connectivity index (χ1) is 17.9. The average Bonchev–Trinajstić information content (AvgIpc) is 3.26. The Labute approximate surface area is 224 Å². The zero-order valence-corrected chi connectivity index (χ0v) is 23.5. The highest BCUT2D eigenvalue weighted by Gasteiger charge is 2.32. The van der Waals surface area contributed by atoms with Gasteiger partial charge in [-0.1, -0.05) is 63.7 Å². The molecule has 0 heterocycles. The number of hydrogen-bond donors (Lipinski definition) is 1. The molecule has 1 fully saturated rings. The van der Waals surface area contributed by atoms with E-state index in [0.717, 1.165) is 76.2 Å². The Morgan fingerprint density at radius 1 is 1.11 bits per heavy atom. The minimum Gasteiger partial charge on any atom is -0.493 e. The third kappa shape index (κ3) is 10.9. The topological polar surface area (TPSA) is 76.1 Å². The van der Waals surface area contributed by atoms with Gasteiger partial charge in [0.2, 0.25) is 5.91 Å². The maximum absolute atomic E-state index is 12.5. The molecule has 1 aliphatic rings. The third-order valence-electron chi connectivity index (χ3n) is 7.60. The van der Waals surface area contributed by atoms with Crippen LogP contribution in [0.15, 0.2) is 30.4 Å². The van der Waals surface area contributed by atoms with Crippen molar-refractivity contribution in [2.45, 2.75) is 96.5 Å². The number of rotatable bonds is 18. The summed E-state index contributed by atoms with van der Waals surface area (Å²) in [6.07, 6.45) is 15.5. The fourth-order valence-electron chi connectivity index (χ4n) is 5.15. The first-order valence-corrected chi connectivity index (χ1v) is 14.2. The summed E-state index contributed by atoms with van der Waals surface area (Å²) in [5.41, 5.74) is 1.11. The minimum absolute atomic E-state index is 0.100. The largest absolute Gasteiger partial charge is 0.493 e. The number of aliphatic hydroxyl groups excluding tert-OH is 1. The van der Waals surface area contributed by atoms with Gasteiger partial charge in [0.05, 0.1) is 20.3 Å². The summed E-state index contributed by atoms with van der Waals surface area (Å²) in [4.78, 5) is 26.7. The van der Waals surface area contributed by atoms with Crippen LogP contribution in [0.5, 0.6) is 11.5 Å². The lowest BCUT2D eigenvalue weighted by molar-refractivity contribution is -0.130. The molecule has 1 N–H and O–H groups in total. The summed E-state index contributed by atoms with van der Waals surface area (Å²) in [5.74, 6) is 2.33. The summed E-state index contributed by atoms with van der Waals surface area (Å²) < 4.78 is 10.6. The molecule has 0 saturated heterocycles. The van der Waals surface area contributed by atoms with Gasteiger partial charge in [-0.15, -0.1) is 0 Å². The van der Waals surface area contributed by atoms with Crippen molar-refractivity contribution in [3.8, 4) is 11.5 Å². The summed E-state index contributed by atoms with van der Waals surface area (Å²) in [6, 6.07) is 5.86. The number of unbranched alkanes of at least 4 members (excludes halogenated alkanes) is 5. The van der Waals surface area contributed by atoms with Gasteiger partial charge in [-0.3, -0.25) is 9.59 Å². The summed E-state index contributed by atoms with van der Waals surface area (Å²) >= 11 is 0. The van der Waals surface area contributed by atoms with Crippen molar-refractivity contribution in [3.63, 3.8) is 0 Å². The van der Waals surface area contributed by atoms with E-state index in [4.69, 9.17) is 9.47 Å². The number of methoxy groups -OCH3 is 2. The van der Waals surface area contributed by atoms with Crippen molar-refractivity contribution >= 4 is 11.7 Å². The van der Waals surface area contributed by atoms with Crippen LogP contribution in [0.2, 0.25) is 0 Å². The molecule has 0 spiro atoms. The zero-order chi connectivity index (χ0) is 27.0. The Morgan fingerprint density at radius 3 is 2.59 bits per heavy atom. The van der Waals surface area contributed by atoms with E-state index in [2.05, 4.69) is 13.0 Å². The number of carbonyl (C=O) groups excluding carboxylic acids is 2. The first kappa shape index (κ1) is 30.9. The molecule has 1 aromatic carbocycles. The summed E-state index contributed by atoms with van der Waals surface area (Å²) in [6.45, 7) is 2.83. The monoisotopic (exact) mass is 515 g/mol. The van der Waals surface area contributed by atoms with Crippen LogP contribution < -0.4 is 9.47 Å². The molecule has 1 aromatic rings. The molecule has 1 aliphatic carbocycles. The number of benzene rings is 1. The predicted octanol–water partition coefficient (Wildman–Crippen LogP) is 6.14. The van der Waals surface area contributed by atoms with E-state index < -0.39 is 6.10 Å². The van der Waals surface area contributed by atoms with E-state index in [9.17, 15) is 14.7 Å². The normalized spacial score (nSPS) is 18.4. The maximum Gasteiger partial charge on any atom is 0.222 e. The van der Waals surface area contributed by atoms with Crippen molar-refractivity contribution in [1.82, 2.24) is 4.90 Å².